The predicted octanol–water partition coefficient (Wildman–Crippen LogP) is 9.39. The molecule has 5 N–H and O–H groups in total. The van der Waals surface area contributed by atoms with Crippen molar-refractivity contribution in [2.45, 2.75) is 16.0 Å². The number of carbonyl (C=O) groups is 1. The number of hydrogen-bond acceptors (Lipinski definition) is 12. The van der Waals surface area contributed by atoms with E-state index in [0.717, 1.165) is 28.3 Å². The molecule has 316 valence electrons. The lowest BCUT2D eigenvalue weighted by molar-refractivity contribution is -0.136. The Labute approximate surface area is 361 Å². The monoisotopic (exact) mass is 915 g/mol. The highest BCUT2D eigenvalue weighted by Crippen LogP contribution is 2.36. The molecule has 0 aliphatic carbocycles. The molecule has 0 aliphatic heterocycles. The topological polar surface area (TPSA) is 195 Å². The number of rotatable bonds is 12. The highest BCUT2D eigenvalue weighted by atomic mass is 32.2. The van der Waals surface area contributed by atoms with E-state index in [4.69, 9.17) is 10.5 Å². The maximum absolute atomic E-state index is 13.3. The van der Waals surface area contributed by atoms with Crippen LogP contribution in [0.2, 0.25) is 0 Å². The molecule has 0 unspecified atom stereocenters. The number of para-hydroxylation sites is 1. The molecular weight excluding hydrogens is 884 g/mol. The van der Waals surface area contributed by atoms with Crippen molar-refractivity contribution in [2.24, 2.45) is 0 Å². The summed E-state index contributed by atoms with van der Waals surface area (Å²) < 4.78 is 99.8. The van der Waals surface area contributed by atoms with E-state index in [2.05, 4.69) is 29.7 Å². The molecule has 1 amide bonds. The van der Waals surface area contributed by atoms with Gasteiger partial charge in [-0.1, -0.05) is 54.6 Å². The normalized spacial score (nSPS) is 11.6. The summed E-state index contributed by atoms with van der Waals surface area (Å²) in [7, 11) is -7.37. The number of carbonyl (C=O) groups excluding carboxylic acids is 1. The molecule has 0 bridgehead atoms. The summed E-state index contributed by atoms with van der Waals surface area (Å²) in [4.78, 5) is 24.4. The summed E-state index contributed by atoms with van der Waals surface area (Å²) in [5.41, 5.74) is 9.13. The third-order valence-electron chi connectivity index (χ3n) is 8.78. The number of anilines is 4. The van der Waals surface area contributed by atoms with Crippen LogP contribution < -0.4 is 25.2 Å². The molecule has 0 atom stereocenters. The Bertz CT molecular complexity index is 3010. The average Bonchev–Trinajstić information content (AvgIpc) is 3.98. The van der Waals surface area contributed by atoms with E-state index >= 15 is 0 Å². The molecule has 0 aliphatic rings. The number of nitrogens with zero attached hydrogens (tertiary/aromatic N) is 3. The zero-order valence-corrected chi connectivity index (χ0v) is 35.0. The highest BCUT2D eigenvalue weighted by Gasteiger charge is 2.33. The van der Waals surface area contributed by atoms with Crippen LogP contribution in [0.4, 0.5) is 34.8 Å². The fourth-order valence-corrected chi connectivity index (χ4v) is 9.39. The molecular formula is C42H32F3N7O6S4. The van der Waals surface area contributed by atoms with E-state index in [9.17, 15) is 34.8 Å². The SMILES string of the molecule is Nc1ccc(-c2ccc(S(=O)(=O)Nc3nccs3)cc2)cc1.O=C(COc1ccnc2c(C(F)(F)F)cccc12)Nc1ccc(-c2ccc(S(=O)(=O)Nc3nccs3)cc2)cc1. The van der Waals surface area contributed by atoms with Crippen molar-refractivity contribution in [1.82, 2.24) is 15.0 Å². The van der Waals surface area contributed by atoms with Gasteiger partial charge in [-0.05, 0) is 89.0 Å². The van der Waals surface area contributed by atoms with E-state index in [-0.39, 0.29) is 31.6 Å². The predicted molar refractivity (Wildman–Crippen MR) is 235 cm³/mol. The van der Waals surface area contributed by atoms with Crippen molar-refractivity contribution in [3.8, 4) is 28.0 Å². The molecule has 8 aromatic rings. The number of halogens is 3. The van der Waals surface area contributed by atoms with Crippen LogP contribution in [0.1, 0.15) is 5.56 Å². The minimum atomic E-state index is -4.58. The highest BCUT2D eigenvalue weighted by molar-refractivity contribution is 7.93. The van der Waals surface area contributed by atoms with Crippen LogP contribution in [0.5, 0.6) is 5.75 Å². The van der Waals surface area contributed by atoms with Gasteiger partial charge >= 0.3 is 6.18 Å². The fraction of sp³-hybridized carbons (Fsp3) is 0.0476. The number of nitrogens with two attached hydrogens (primary N) is 1. The van der Waals surface area contributed by atoms with Gasteiger partial charge in [0.15, 0.2) is 16.9 Å². The molecule has 0 saturated carbocycles. The van der Waals surface area contributed by atoms with Gasteiger partial charge in [-0.25, -0.2) is 26.8 Å². The van der Waals surface area contributed by atoms with Crippen LogP contribution in [-0.2, 0) is 31.0 Å². The second-order valence-corrected chi connectivity index (χ2v) is 18.1. The number of nitrogens with one attached hydrogen (secondary N) is 3. The van der Waals surface area contributed by atoms with Gasteiger partial charge in [0.05, 0.1) is 20.9 Å². The van der Waals surface area contributed by atoms with Crippen LogP contribution in [0.15, 0.2) is 160 Å². The summed E-state index contributed by atoms with van der Waals surface area (Å²) in [6.45, 7) is -0.428. The Hall–Kier alpha value is -6.87. The quantitative estimate of drug-likeness (QED) is 0.0858. The number of sulfonamides is 2. The fourth-order valence-electron chi connectivity index (χ4n) is 5.82. The molecule has 62 heavy (non-hydrogen) atoms. The van der Waals surface area contributed by atoms with Crippen molar-refractivity contribution in [2.75, 3.05) is 27.1 Å². The van der Waals surface area contributed by atoms with E-state index in [1.54, 1.807) is 77.6 Å². The molecule has 0 spiro atoms. The first-order valence-corrected chi connectivity index (χ1v) is 22.8. The Morgan fingerprint density at radius 2 is 1.11 bits per heavy atom. The van der Waals surface area contributed by atoms with Gasteiger partial charge in [0, 0.05) is 46.1 Å². The first-order chi connectivity index (χ1) is 29.6. The molecule has 13 nitrogen and oxygen atoms in total. The minimum absolute atomic E-state index is 0.0898. The number of thiazole rings is 2. The lowest BCUT2D eigenvalue weighted by Gasteiger charge is -2.13. The summed E-state index contributed by atoms with van der Waals surface area (Å²) in [5, 5.41) is 6.82. The maximum Gasteiger partial charge on any atom is 0.418 e. The van der Waals surface area contributed by atoms with Crippen molar-refractivity contribution < 1.29 is 39.5 Å². The number of hydrogen-bond donors (Lipinski definition) is 4. The number of fused-ring (bicyclic) bond motifs is 1. The Balaban J connectivity index is 0.000000221. The number of benzene rings is 5. The van der Waals surface area contributed by atoms with E-state index < -0.39 is 44.3 Å². The molecule has 0 radical (unpaired) electrons. The van der Waals surface area contributed by atoms with E-state index in [1.165, 1.54) is 65.4 Å². The molecule has 5 aromatic carbocycles. The third-order valence-corrected chi connectivity index (χ3v) is 13.1. The lowest BCUT2D eigenvalue weighted by Crippen LogP contribution is -2.20. The summed E-state index contributed by atoms with van der Waals surface area (Å²) in [5.74, 6) is -0.402. The molecule has 20 heteroatoms. The molecule has 3 heterocycles. The molecule has 3 aromatic heterocycles. The largest absolute Gasteiger partial charge is 0.483 e. The number of aromatic nitrogens is 3. The first kappa shape index (κ1) is 43.2. The third kappa shape index (κ3) is 10.7. The summed E-state index contributed by atoms with van der Waals surface area (Å²) in [6, 6.07) is 32.3. The van der Waals surface area contributed by atoms with Gasteiger partial charge in [0.1, 0.15) is 5.75 Å². The van der Waals surface area contributed by atoms with Gasteiger partial charge in [-0.3, -0.25) is 19.2 Å². The zero-order valence-electron chi connectivity index (χ0n) is 31.8. The van der Waals surface area contributed by atoms with Gasteiger partial charge in [0.25, 0.3) is 26.0 Å². The Kier molecular flexibility index (Phi) is 12.8. The van der Waals surface area contributed by atoms with Crippen LogP contribution >= 0.6 is 22.7 Å². The van der Waals surface area contributed by atoms with E-state index in [1.807, 2.05) is 24.3 Å². The van der Waals surface area contributed by atoms with Gasteiger partial charge in [-0.2, -0.15) is 13.2 Å². The second kappa shape index (κ2) is 18.4. The van der Waals surface area contributed by atoms with Crippen LogP contribution in [0.3, 0.4) is 0 Å². The average molecular weight is 916 g/mol. The standard InChI is InChI=1S/C27H19F3N4O4S2.C15H13N3O2S2/c28-27(29,30)22-3-1-2-21-23(12-13-31-25(21)22)38-16-24(35)33-19-8-4-17(5-9-19)18-6-10-20(11-7-18)40(36,37)34-26-32-14-15-39-26;16-13-5-1-11(2-6-13)12-3-7-14(8-4-12)22(19,20)18-15-17-9-10-21-15/h1-15H,16H2,(H,32,34)(H,33,35);1-10H,16H2,(H,17,18). The van der Waals surface area contributed by atoms with Crippen LogP contribution in [-0.4, -0.2) is 44.3 Å². The smallest absolute Gasteiger partial charge is 0.418 e. The van der Waals surface area contributed by atoms with Crippen LogP contribution in [0, 0.1) is 0 Å². The van der Waals surface area contributed by atoms with Crippen LogP contribution in [0.25, 0.3) is 33.2 Å². The molecule has 0 fully saturated rings. The Morgan fingerprint density at radius 3 is 1.58 bits per heavy atom. The number of alkyl halides is 3. The van der Waals surface area contributed by atoms with Gasteiger partial charge in [-0.15, -0.1) is 22.7 Å². The summed E-state index contributed by atoms with van der Waals surface area (Å²) in [6.07, 6.45) is -0.327. The van der Waals surface area contributed by atoms with Crippen molar-refractivity contribution in [3.63, 3.8) is 0 Å². The number of amides is 1. The van der Waals surface area contributed by atoms with Crippen molar-refractivity contribution in [3.05, 3.63) is 156 Å². The van der Waals surface area contributed by atoms with Crippen molar-refractivity contribution in [1.29, 1.82) is 0 Å². The van der Waals surface area contributed by atoms with Gasteiger partial charge in [0.2, 0.25) is 0 Å². The molecule has 8 rings (SSSR count). The maximum atomic E-state index is 13.3. The second-order valence-electron chi connectivity index (χ2n) is 13.0. The number of ether oxygens (including phenoxy) is 1. The van der Waals surface area contributed by atoms with Crippen molar-refractivity contribution >= 4 is 81.2 Å². The number of nitrogen functional groups attached to an aromatic ring is 1. The first-order valence-electron chi connectivity index (χ1n) is 18.0. The van der Waals surface area contributed by atoms with Gasteiger partial charge < -0.3 is 15.8 Å². The Morgan fingerprint density at radius 1 is 0.629 bits per heavy atom. The summed E-state index contributed by atoms with van der Waals surface area (Å²) >= 11 is 2.41. The number of pyridine rings is 1. The minimum Gasteiger partial charge on any atom is -0.483 e. The lowest BCUT2D eigenvalue weighted by atomic mass is 10.1. The van der Waals surface area contributed by atoms with E-state index in [0.29, 0.717) is 16.5 Å². The molecule has 0 saturated heterocycles. The zero-order chi connectivity index (χ0) is 43.9.